The zero-order valence-corrected chi connectivity index (χ0v) is 15.3. The normalized spacial score (nSPS) is 11.2. The standard InChI is InChI=1S/C18H19ClN2O5/c1-11(26-14-7-5-13(19)6-8-14)17(22)20-21-18(23)12-4-9-15(24-2)16(10-12)25-3/h4-11H,1-3H3,(H,20,22)(H,21,23). The summed E-state index contributed by atoms with van der Waals surface area (Å²) < 4.78 is 15.7. The number of nitrogens with one attached hydrogen (secondary N) is 2. The second-order valence-electron chi connectivity index (χ2n) is 5.23. The largest absolute Gasteiger partial charge is 0.493 e. The quantitative estimate of drug-likeness (QED) is 0.754. The number of rotatable bonds is 6. The maximum Gasteiger partial charge on any atom is 0.279 e. The van der Waals surface area contributed by atoms with Gasteiger partial charge in [-0.25, -0.2) is 0 Å². The van der Waals surface area contributed by atoms with Gasteiger partial charge in [0.15, 0.2) is 17.6 Å². The van der Waals surface area contributed by atoms with Crippen molar-refractivity contribution in [1.82, 2.24) is 10.9 Å². The smallest absolute Gasteiger partial charge is 0.279 e. The minimum Gasteiger partial charge on any atom is -0.493 e. The van der Waals surface area contributed by atoms with Gasteiger partial charge in [0.05, 0.1) is 14.2 Å². The van der Waals surface area contributed by atoms with E-state index in [1.165, 1.54) is 20.3 Å². The fourth-order valence-corrected chi connectivity index (χ4v) is 2.17. The number of hydrazine groups is 1. The van der Waals surface area contributed by atoms with E-state index in [0.29, 0.717) is 27.8 Å². The van der Waals surface area contributed by atoms with Gasteiger partial charge in [0.2, 0.25) is 0 Å². The van der Waals surface area contributed by atoms with Gasteiger partial charge in [-0.3, -0.25) is 20.4 Å². The lowest BCUT2D eigenvalue weighted by Crippen LogP contribution is -2.47. The number of benzene rings is 2. The van der Waals surface area contributed by atoms with E-state index in [2.05, 4.69) is 10.9 Å². The molecule has 2 amide bonds. The summed E-state index contributed by atoms with van der Waals surface area (Å²) in [5, 5.41) is 0.566. The van der Waals surface area contributed by atoms with Crippen molar-refractivity contribution in [1.29, 1.82) is 0 Å². The molecule has 0 aromatic heterocycles. The van der Waals surface area contributed by atoms with E-state index in [1.54, 1.807) is 43.3 Å². The number of carbonyl (C=O) groups is 2. The van der Waals surface area contributed by atoms with Crippen LogP contribution in [0.3, 0.4) is 0 Å². The highest BCUT2D eigenvalue weighted by Crippen LogP contribution is 2.27. The Morgan fingerprint density at radius 3 is 2.23 bits per heavy atom. The molecule has 0 saturated heterocycles. The van der Waals surface area contributed by atoms with Gasteiger partial charge in [-0.1, -0.05) is 11.6 Å². The predicted molar refractivity (Wildman–Crippen MR) is 96.7 cm³/mol. The summed E-state index contributed by atoms with van der Waals surface area (Å²) in [4.78, 5) is 24.2. The second-order valence-corrected chi connectivity index (χ2v) is 5.66. The van der Waals surface area contributed by atoms with E-state index >= 15 is 0 Å². The lowest BCUT2D eigenvalue weighted by atomic mass is 10.2. The lowest BCUT2D eigenvalue weighted by Gasteiger charge is -2.15. The number of methoxy groups -OCH3 is 2. The molecule has 2 N–H and O–H groups in total. The first-order chi connectivity index (χ1) is 12.4. The highest BCUT2D eigenvalue weighted by atomic mass is 35.5. The van der Waals surface area contributed by atoms with Gasteiger partial charge in [0.25, 0.3) is 11.8 Å². The molecule has 138 valence electrons. The van der Waals surface area contributed by atoms with Gasteiger partial charge in [-0.15, -0.1) is 0 Å². The van der Waals surface area contributed by atoms with Crippen molar-refractivity contribution in [2.75, 3.05) is 14.2 Å². The summed E-state index contributed by atoms with van der Waals surface area (Å²) in [5.41, 5.74) is 4.94. The van der Waals surface area contributed by atoms with E-state index in [4.69, 9.17) is 25.8 Å². The molecule has 0 fully saturated rings. The summed E-state index contributed by atoms with van der Waals surface area (Å²) in [5.74, 6) is 0.388. The van der Waals surface area contributed by atoms with Crippen molar-refractivity contribution in [3.63, 3.8) is 0 Å². The SMILES string of the molecule is COc1ccc(C(=O)NNC(=O)C(C)Oc2ccc(Cl)cc2)cc1OC. The molecule has 0 heterocycles. The molecule has 0 aliphatic rings. The summed E-state index contributed by atoms with van der Waals surface area (Å²) in [7, 11) is 2.97. The lowest BCUT2D eigenvalue weighted by molar-refractivity contribution is -0.128. The maximum atomic E-state index is 12.2. The topological polar surface area (TPSA) is 85.9 Å². The van der Waals surface area contributed by atoms with E-state index in [0.717, 1.165) is 0 Å². The van der Waals surface area contributed by atoms with Crippen LogP contribution in [-0.2, 0) is 4.79 Å². The van der Waals surface area contributed by atoms with Crippen LogP contribution in [0.15, 0.2) is 42.5 Å². The number of amides is 2. The van der Waals surface area contributed by atoms with Gasteiger partial charge in [-0.05, 0) is 49.4 Å². The van der Waals surface area contributed by atoms with Crippen molar-refractivity contribution >= 4 is 23.4 Å². The minimum atomic E-state index is -0.818. The fraction of sp³-hybridized carbons (Fsp3) is 0.222. The molecule has 7 nitrogen and oxygen atoms in total. The Bertz CT molecular complexity index is 780. The summed E-state index contributed by atoms with van der Waals surface area (Å²) in [6.07, 6.45) is -0.818. The van der Waals surface area contributed by atoms with E-state index in [-0.39, 0.29) is 0 Å². The number of hydrogen-bond donors (Lipinski definition) is 2. The Balaban J connectivity index is 1.91. The average molecular weight is 379 g/mol. The molecule has 0 spiro atoms. The van der Waals surface area contributed by atoms with Crippen molar-refractivity contribution < 1.29 is 23.8 Å². The van der Waals surface area contributed by atoms with E-state index in [9.17, 15) is 9.59 Å². The van der Waals surface area contributed by atoms with E-state index in [1.807, 2.05) is 0 Å². The summed E-state index contributed by atoms with van der Waals surface area (Å²) in [6.45, 7) is 1.56. The second kappa shape index (κ2) is 8.96. The van der Waals surface area contributed by atoms with Gasteiger partial charge in [-0.2, -0.15) is 0 Å². The van der Waals surface area contributed by atoms with Crippen LogP contribution >= 0.6 is 11.6 Å². The zero-order valence-electron chi connectivity index (χ0n) is 14.5. The molecule has 1 atom stereocenters. The highest BCUT2D eigenvalue weighted by molar-refractivity contribution is 6.30. The van der Waals surface area contributed by atoms with Crippen LogP contribution in [-0.4, -0.2) is 32.1 Å². The van der Waals surface area contributed by atoms with Crippen molar-refractivity contribution in [2.24, 2.45) is 0 Å². The van der Waals surface area contributed by atoms with Gasteiger partial charge >= 0.3 is 0 Å². The fourth-order valence-electron chi connectivity index (χ4n) is 2.04. The van der Waals surface area contributed by atoms with Gasteiger partial charge in [0, 0.05) is 10.6 Å². The molecular weight excluding hydrogens is 360 g/mol. The van der Waals surface area contributed by atoms with Crippen LogP contribution in [0, 0.1) is 0 Å². The Hall–Kier alpha value is -2.93. The van der Waals surface area contributed by atoms with E-state index < -0.39 is 17.9 Å². The average Bonchev–Trinajstić information content (AvgIpc) is 2.66. The molecule has 2 aromatic carbocycles. The monoisotopic (exact) mass is 378 g/mol. The number of carbonyl (C=O) groups excluding carboxylic acids is 2. The Morgan fingerprint density at radius 1 is 0.962 bits per heavy atom. The van der Waals surface area contributed by atoms with Crippen LogP contribution < -0.4 is 25.1 Å². The molecule has 1 unspecified atom stereocenters. The minimum absolute atomic E-state index is 0.300. The third-order valence-electron chi connectivity index (χ3n) is 3.44. The first-order valence-electron chi connectivity index (χ1n) is 7.69. The van der Waals surface area contributed by atoms with Crippen molar-refractivity contribution in [3.8, 4) is 17.2 Å². The zero-order chi connectivity index (χ0) is 19.1. The third-order valence-corrected chi connectivity index (χ3v) is 3.69. The first kappa shape index (κ1) is 19.4. The molecule has 8 heteroatoms. The molecule has 2 aromatic rings. The molecule has 0 bridgehead atoms. The molecule has 26 heavy (non-hydrogen) atoms. The predicted octanol–water partition coefficient (Wildman–Crippen LogP) is 2.59. The van der Waals surface area contributed by atoms with Crippen LogP contribution in [0.4, 0.5) is 0 Å². The Labute approximate surface area is 156 Å². The van der Waals surface area contributed by atoms with Crippen LogP contribution in [0.25, 0.3) is 0 Å². The van der Waals surface area contributed by atoms with Gasteiger partial charge in [0.1, 0.15) is 5.75 Å². The van der Waals surface area contributed by atoms with Gasteiger partial charge < -0.3 is 14.2 Å². The molecule has 0 aliphatic heterocycles. The van der Waals surface area contributed by atoms with Crippen LogP contribution in [0.1, 0.15) is 17.3 Å². The van der Waals surface area contributed by atoms with Crippen molar-refractivity contribution in [3.05, 3.63) is 53.1 Å². The maximum absolute atomic E-state index is 12.2. The number of ether oxygens (including phenoxy) is 3. The Morgan fingerprint density at radius 2 is 1.62 bits per heavy atom. The summed E-state index contributed by atoms with van der Waals surface area (Å²) >= 11 is 5.80. The number of hydrogen-bond acceptors (Lipinski definition) is 5. The molecule has 0 aliphatic carbocycles. The first-order valence-corrected chi connectivity index (χ1v) is 8.07. The molecule has 0 saturated carbocycles. The van der Waals surface area contributed by atoms with Crippen LogP contribution in [0.5, 0.6) is 17.2 Å². The number of halogens is 1. The van der Waals surface area contributed by atoms with Crippen molar-refractivity contribution in [2.45, 2.75) is 13.0 Å². The molecule has 0 radical (unpaired) electrons. The molecule has 2 rings (SSSR count). The third kappa shape index (κ3) is 5.03. The summed E-state index contributed by atoms with van der Waals surface area (Å²) in [6, 6.07) is 11.3. The van der Waals surface area contributed by atoms with Crippen LogP contribution in [0.2, 0.25) is 5.02 Å². The Kier molecular flexibility index (Phi) is 6.68. The highest BCUT2D eigenvalue weighted by Gasteiger charge is 2.16. The molecular formula is C18H19ClN2O5.